The van der Waals surface area contributed by atoms with Gasteiger partial charge in [0, 0.05) is 31.9 Å². The quantitative estimate of drug-likeness (QED) is 0.652. The molecule has 1 aliphatic carbocycles. The van der Waals surface area contributed by atoms with E-state index >= 15 is 0 Å². The summed E-state index contributed by atoms with van der Waals surface area (Å²) < 4.78 is 5.79. The molecule has 1 aromatic rings. The summed E-state index contributed by atoms with van der Waals surface area (Å²) in [4.78, 5) is 11.7. The van der Waals surface area contributed by atoms with Gasteiger partial charge in [-0.05, 0) is 37.3 Å². The number of unbranched alkanes of at least 4 members (excludes halogenated alkanes) is 3. The average molecular weight is 293 g/mol. The molecule has 4 nitrogen and oxygen atoms in total. The molecule has 1 aromatic heterocycles. The maximum atomic E-state index is 11.7. The smallest absolute Gasteiger partial charge is 0.220 e. The van der Waals surface area contributed by atoms with Crippen molar-refractivity contribution in [1.82, 2.24) is 5.32 Å². The van der Waals surface area contributed by atoms with Gasteiger partial charge >= 0.3 is 0 Å². The van der Waals surface area contributed by atoms with Crippen LogP contribution in [0.4, 0.5) is 0 Å². The van der Waals surface area contributed by atoms with E-state index in [0.29, 0.717) is 18.8 Å². The molecule has 1 amide bonds. The van der Waals surface area contributed by atoms with E-state index in [9.17, 15) is 4.79 Å². The molecule has 4 heteroatoms. The van der Waals surface area contributed by atoms with Gasteiger partial charge in [0.2, 0.25) is 5.91 Å². The van der Waals surface area contributed by atoms with E-state index in [1.165, 1.54) is 6.42 Å². The molecule has 1 saturated carbocycles. The average Bonchev–Trinajstić information content (AvgIpc) is 3.02. The van der Waals surface area contributed by atoms with Gasteiger partial charge in [-0.1, -0.05) is 19.8 Å². The van der Waals surface area contributed by atoms with Crippen molar-refractivity contribution in [1.29, 1.82) is 0 Å². The van der Waals surface area contributed by atoms with Gasteiger partial charge in [-0.25, -0.2) is 0 Å². The van der Waals surface area contributed by atoms with Crippen LogP contribution in [0.5, 0.6) is 0 Å². The second-order valence-corrected chi connectivity index (χ2v) is 6.11. The molecule has 1 aliphatic rings. The van der Waals surface area contributed by atoms with E-state index in [2.05, 4.69) is 18.3 Å². The molecule has 0 spiro atoms. The summed E-state index contributed by atoms with van der Waals surface area (Å²) in [7, 11) is 0. The number of furan rings is 1. The Kier molecular flexibility index (Phi) is 6.30. The third kappa shape index (κ3) is 5.54. The zero-order chi connectivity index (χ0) is 15.1. The highest BCUT2D eigenvalue weighted by molar-refractivity contribution is 5.76. The van der Waals surface area contributed by atoms with Gasteiger partial charge in [0.1, 0.15) is 11.5 Å². The van der Waals surface area contributed by atoms with Crippen LogP contribution in [0, 0.1) is 5.92 Å². The summed E-state index contributed by atoms with van der Waals surface area (Å²) in [5.41, 5.74) is 0. The minimum atomic E-state index is 0.0925. The summed E-state index contributed by atoms with van der Waals surface area (Å²) >= 11 is 0. The third-order valence-electron chi connectivity index (χ3n) is 4.16. The fourth-order valence-corrected chi connectivity index (χ4v) is 2.59. The lowest BCUT2D eigenvalue weighted by Gasteiger charge is -2.04. The zero-order valence-corrected chi connectivity index (χ0v) is 12.9. The van der Waals surface area contributed by atoms with Crippen LogP contribution in [0.3, 0.4) is 0 Å². The lowest BCUT2D eigenvalue weighted by molar-refractivity contribution is -0.121. The lowest BCUT2D eigenvalue weighted by Crippen LogP contribution is -2.24. The van der Waals surface area contributed by atoms with Crippen LogP contribution in [0.25, 0.3) is 0 Å². The minimum Gasteiger partial charge on any atom is -0.466 e. The Morgan fingerprint density at radius 2 is 2.10 bits per heavy atom. The molecule has 2 N–H and O–H groups in total. The molecule has 0 radical (unpaired) electrons. The number of nitrogens with one attached hydrogen (secondary N) is 1. The highest BCUT2D eigenvalue weighted by Gasteiger charge is 2.36. The number of hydrogen-bond acceptors (Lipinski definition) is 3. The second kappa shape index (κ2) is 8.23. The Balaban J connectivity index is 1.55. The first-order valence-corrected chi connectivity index (χ1v) is 8.17. The van der Waals surface area contributed by atoms with E-state index in [4.69, 9.17) is 9.52 Å². The van der Waals surface area contributed by atoms with E-state index in [0.717, 1.165) is 49.7 Å². The predicted octanol–water partition coefficient (Wildman–Crippen LogP) is 3.00. The molecule has 1 fully saturated rings. The van der Waals surface area contributed by atoms with Gasteiger partial charge in [-0.3, -0.25) is 4.79 Å². The molecule has 0 aromatic carbocycles. The molecule has 21 heavy (non-hydrogen) atoms. The first-order valence-electron chi connectivity index (χ1n) is 8.17. The second-order valence-electron chi connectivity index (χ2n) is 6.11. The van der Waals surface area contributed by atoms with E-state index in [1.807, 2.05) is 6.07 Å². The molecule has 1 heterocycles. The van der Waals surface area contributed by atoms with Crippen molar-refractivity contribution in [3.8, 4) is 0 Å². The Bertz CT molecular complexity index is 441. The predicted molar refractivity (Wildman–Crippen MR) is 82.1 cm³/mol. The van der Waals surface area contributed by atoms with E-state index < -0.39 is 0 Å². The number of hydrogen-bond donors (Lipinski definition) is 2. The Labute approximate surface area is 126 Å². The van der Waals surface area contributed by atoms with Crippen molar-refractivity contribution in [2.75, 3.05) is 13.2 Å². The lowest BCUT2D eigenvalue weighted by atomic mass is 10.2. The van der Waals surface area contributed by atoms with Gasteiger partial charge in [0.15, 0.2) is 0 Å². The van der Waals surface area contributed by atoms with Crippen molar-refractivity contribution in [2.45, 2.75) is 57.8 Å². The number of rotatable bonds is 10. The van der Waals surface area contributed by atoms with Crippen molar-refractivity contribution in [3.05, 3.63) is 23.7 Å². The molecule has 2 atom stereocenters. The molecule has 0 saturated heterocycles. The van der Waals surface area contributed by atoms with Crippen LogP contribution in [-0.4, -0.2) is 24.2 Å². The monoisotopic (exact) mass is 293 g/mol. The molecule has 2 unspecified atom stereocenters. The normalized spacial score (nSPS) is 20.5. The molecular formula is C17H27NO3. The van der Waals surface area contributed by atoms with Gasteiger partial charge in [-0.15, -0.1) is 0 Å². The van der Waals surface area contributed by atoms with Crippen molar-refractivity contribution in [2.24, 2.45) is 5.92 Å². The summed E-state index contributed by atoms with van der Waals surface area (Å²) in [5.74, 6) is 3.45. The highest BCUT2D eigenvalue weighted by Crippen LogP contribution is 2.47. The topological polar surface area (TPSA) is 62.5 Å². The van der Waals surface area contributed by atoms with E-state index in [1.54, 1.807) is 0 Å². The zero-order valence-electron chi connectivity index (χ0n) is 12.9. The highest BCUT2D eigenvalue weighted by atomic mass is 16.3. The fraction of sp³-hybridized carbons (Fsp3) is 0.706. The molecule has 0 aliphatic heterocycles. The number of carbonyl (C=O) groups excluding carboxylic acids is 1. The summed E-state index contributed by atoms with van der Waals surface area (Å²) in [6.07, 6.45) is 6.32. The van der Waals surface area contributed by atoms with Crippen LogP contribution in [0.2, 0.25) is 0 Å². The van der Waals surface area contributed by atoms with Crippen LogP contribution in [0.15, 0.2) is 16.5 Å². The number of amides is 1. The van der Waals surface area contributed by atoms with Crippen molar-refractivity contribution < 1.29 is 14.3 Å². The fourth-order valence-electron chi connectivity index (χ4n) is 2.59. The Morgan fingerprint density at radius 1 is 1.33 bits per heavy atom. The maximum absolute atomic E-state index is 11.7. The first kappa shape index (κ1) is 16.1. The largest absolute Gasteiger partial charge is 0.466 e. The van der Waals surface area contributed by atoms with Crippen LogP contribution >= 0.6 is 0 Å². The van der Waals surface area contributed by atoms with Crippen LogP contribution in [0.1, 0.15) is 62.9 Å². The number of aliphatic hydroxyl groups excluding tert-OH is 1. The minimum absolute atomic E-state index is 0.0925. The molecular weight excluding hydrogens is 266 g/mol. The van der Waals surface area contributed by atoms with Crippen LogP contribution in [-0.2, 0) is 11.2 Å². The number of aliphatic hydroxyl groups is 1. The Hall–Kier alpha value is -1.29. The SMILES string of the molecule is CC1CC1c1ccc(CCC(=O)NCCCCCCO)o1. The summed E-state index contributed by atoms with van der Waals surface area (Å²) in [6, 6.07) is 4.06. The first-order chi connectivity index (χ1) is 10.2. The van der Waals surface area contributed by atoms with Crippen LogP contribution < -0.4 is 5.32 Å². The Morgan fingerprint density at radius 3 is 2.81 bits per heavy atom. The standard InChI is InChI=1S/C17H27NO3/c1-13-12-15(13)16-8-6-14(21-16)7-9-17(20)18-10-4-2-3-5-11-19/h6,8,13,15,19H,2-5,7,9-12H2,1H3,(H,18,20). The molecule has 118 valence electrons. The molecule has 2 rings (SSSR count). The number of carbonyl (C=O) groups is 1. The summed E-state index contributed by atoms with van der Waals surface area (Å²) in [5, 5.41) is 11.6. The van der Waals surface area contributed by atoms with Crippen molar-refractivity contribution >= 4 is 5.91 Å². The molecule has 0 bridgehead atoms. The number of aryl methyl sites for hydroxylation is 1. The maximum Gasteiger partial charge on any atom is 0.220 e. The van der Waals surface area contributed by atoms with E-state index in [-0.39, 0.29) is 12.5 Å². The van der Waals surface area contributed by atoms with Gasteiger partial charge in [-0.2, -0.15) is 0 Å². The summed E-state index contributed by atoms with van der Waals surface area (Å²) in [6.45, 7) is 3.23. The van der Waals surface area contributed by atoms with Gasteiger partial charge in [0.05, 0.1) is 0 Å². The van der Waals surface area contributed by atoms with Gasteiger partial charge in [0.25, 0.3) is 0 Å². The third-order valence-corrected chi connectivity index (χ3v) is 4.16. The van der Waals surface area contributed by atoms with Crippen molar-refractivity contribution in [3.63, 3.8) is 0 Å². The van der Waals surface area contributed by atoms with Gasteiger partial charge < -0.3 is 14.8 Å².